The van der Waals surface area contributed by atoms with Crippen molar-refractivity contribution in [2.45, 2.75) is 38.2 Å². The van der Waals surface area contributed by atoms with E-state index in [2.05, 4.69) is 10.1 Å². The van der Waals surface area contributed by atoms with E-state index in [-0.39, 0.29) is 11.3 Å². The zero-order valence-electron chi connectivity index (χ0n) is 12.0. The van der Waals surface area contributed by atoms with Gasteiger partial charge in [-0.25, -0.2) is 14.4 Å². The molecule has 0 aromatic rings. The molecular formula is C12H20N2O5S. The molecule has 0 aromatic carbocycles. The highest BCUT2D eigenvalue weighted by molar-refractivity contribution is 8.00. The lowest BCUT2D eigenvalue weighted by molar-refractivity contribution is -0.142. The summed E-state index contributed by atoms with van der Waals surface area (Å²) in [6.45, 7) is 5.34. The first-order chi connectivity index (χ1) is 9.29. The molecule has 1 heterocycles. The second-order valence-electron chi connectivity index (χ2n) is 4.92. The van der Waals surface area contributed by atoms with Crippen LogP contribution in [0.1, 0.15) is 20.8 Å². The molecule has 1 saturated heterocycles. The zero-order valence-corrected chi connectivity index (χ0v) is 12.8. The Hall–Kier alpha value is -1.44. The summed E-state index contributed by atoms with van der Waals surface area (Å²) < 4.78 is 4.53. The maximum atomic E-state index is 12.2. The summed E-state index contributed by atoms with van der Waals surface area (Å²) in [5.74, 6) is -1.15. The van der Waals surface area contributed by atoms with E-state index in [9.17, 15) is 19.5 Å². The number of esters is 1. The number of aliphatic carboxylic acids is 1. The number of nitrogens with zero attached hydrogens (tertiary/aromatic N) is 1. The highest BCUT2D eigenvalue weighted by Crippen LogP contribution is 2.34. The topological polar surface area (TPSA) is 95.9 Å². The first-order valence-electron chi connectivity index (χ1n) is 6.30. The summed E-state index contributed by atoms with van der Waals surface area (Å²) >= 11 is 1.43. The molecule has 3 unspecified atom stereocenters. The second kappa shape index (κ2) is 6.83. The number of carbonyl (C=O) groups excluding carboxylic acids is 2. The fourth-order valence-electron chi connectivity index (χ4n) is 1.98. The number of nitrogens with one attached hydrogen (secondary N) is 1. The van der Waals surface area contributed by atoms with Crippen molar-refractivity contribution in [2.24, 2.45) is 5.92 Å². The minimum absolute atomic E-state index is 0.114. The van der Waals surface area contributed by atoms with Crippen LogP contribution in [0.5, 0.6) is 0 Å². The Balaban J connectivity index is 2.84. The molecule has 0 bridgehead atoms. The molecule has 3 atom stereocenters. The number of carbonyl (C=O) groups is 3. The standard InChI is InChI=1S/C12H20N2O5S/c1-6(2)9-14(8(5-20-9)10(15)16)12(18)13-7(3)11(17)19-4/h6-9H,5H2,1-4H3,(H,13,18)(H,15,16). The third-order valence-corrected chi connectivity index (χ3v) is 4.64. The molecule has 114 valence electrons. The third kappa shape index (κ3) is 3.56. The Morgan fingerprint density at radius 1 is 1.35 bits per heavy atom. The Bertz CT molecular complexity index is 401. The predicted octanol–water partition coefficient (Wildman–Crippen LogP) is 0.742. The van der Waals surface area contributed by atoms with E-state index >= 15 is 0 Å². The van der Waals surface area contributed by atoms with Crippen LogP contribution >= 0.6 is 11.8 Å². The number of methoxy groups -OCH3 is 1. The van der Waals surface area contributed by atoms with Crippen molar-refractivity contribution in [3.8, 4) is 0 Å². The van der Waals surface area contributed by atoms with Gasteiger partial charge in [-0.3, -0.25) is 4.90 Å². The normalized spacial score (nSPS) is 23.6. The molecule has 20 heavy (non-hydrogen) atoms. The van der Waals surface area contributed by atoms with Crippen LogP contribution < -0.4 is 5.32 Å². The fourth-order valence-corrected chi connectivity index (χ4v) is 3.45. The number of rotatable bonds is 4. The molecule has 0 spiro atoms. The number of ether oxygens (including phenoxy) is 1. The molecule has 2 N–H and O–H groups in total. The van der Waals surface area contributed by atoms with Crippen molar-refractivity contribution < 1.29 is 24.2 Å². The van der Waals surface area contributed by atoms with Crippen LogP contribution in [0.15, 0.2) is 0 Å². The molecule has 8 heteroatoms. The molecule has 0 aromatic heterocycles. The molecule has 2 amide bonds. The molecule has 1 rings (SSSR count). The van der Waals surface area contributed by atoms with Crippen molar-refractivity contribution in [1.29, 1.82) is 0 Å². The Morgan fingerprint density at radius 2 is 1.95 bits per heavy atom. The van der Waals surface area contributed by atoms with Crippen molar-refractivity contribution in [3.63, 3.8) is 0 Å². The highest BCUT2D eigenvalue weighted by Gasteiger charge is 2.43. The van der Waals surface area contributed by atoms with Crippen LogP contribution in [0.2, 0.25) is 0 Å². The molecule has 1 aliphatic rings. The minimum atomic E-state index is -1.04. The first kappa shape index (κ1) is 16.6. The smallest absolute Gasteiger partial charge is 0.328 e. The minimum Gasteiger partial charge on any atom is -0.480 e. The van der Waals surface area contributed by atoms with Gasteiger partial charge < -0.3 is 15.2 Å². The molecular weight excluding hydrogens is 284 g/mol. The quantitative estimate of drug-likeness (QED) is 0.744. The van der Waals surface area contributed by atoms with Crippen LogP contribution in [0, 0.1) is 5.92 Å². The molecule has 7 nitrogen and oxygen atoms in total. The van der Waals surface area contributed by atoms with E-state index in [0.717, 1.165) is 0 Å². The van der Waals surface area contributed by atoms with Crippen LogP contribution in [0.4, 0.5) is 4.79 Å². The zero-order chi connectivity index (χ0) is 15.4. The van der Waals surface area contributed by atoms with Crippen LogP contribution in [0.25, 0.3) is 0 Å². The van der Waals surface area contributed by atoms with E-state index < -0.39 is 30.1 Å². The number of carboxylic acid groups (broad SMARTS) is 1. The molecule has 0 aliphatic carbocycles. The van der Waals surface area contributed by atoms with Crippen LogP contribution in [0.3, 0.4) is 0 Å². The Kier molecular flexibility index (Phi) is 5.67. The summed E-state index contributed by atoms with van der Waals surface area (Å²) in [6, 6.07) is -2.25. The average Bonchev–Trinajstić information content (AvgIpc) is 2.82. The number of hydrogen-bond donors (Lipinski definition) is 2. The van der Waals surface area contributed by atoms with Gasteiger partial charge in [-0.2, -0.15) is 0 Å². The molecule has 0 saturated carbocycles. The summed E-state index contributed by atoms with van der Waals surface area (Å²) in [7, 11) is 1.23. The second-order valence-corrected chi connectivity index (χ2v) is 6.07. The van der Waals surface area contributed by atoms with E-state index in [0.29, 0.717) is 5.75 Å². The van der Waals surface area contributed by atoms with Crippen LogP contribution in [-0.2, 0) is 14.3 Å². The highest BCUT2D eigenvalue weighted by atomic mass is 32.2. The number of carboxylic acids is 1. The number of hydrogen-bond acceptors (Lipinski definition) is 5. The number of thioether (sulfide) groups is 1. The van der Waals surface area contributed by atoms with E-state index in [1.807, 2.05) is 13.8 Å². The Morgan fingerprint density at radius 3 is 2.40 bits per heavy atom. The summed E-state index contributed by atoms with van der Waals surface area (Å²) in [5, 5.41) is 11.5. The lowest BCUT2D eigenvalue weighted by atomic mass is 10.1. The third-order valence-electron chi connectivity index (χ3n) is 3.02. The van der Waals surface area contributed by atoms with Crippen molar-refractivity contribution in [1.82, 2.24) is 10.2 Å². The van der Waals surface area contributed by atoms with Gasteiger partial charge in [0.05, 0.1) is 12.5 Å². The van der Waals surface area contributed by atoms with Gasteiger partial charge in [-0.1, -0.05) is 13.8 Å². The summed E-state index contributed by atoms with van der Waals surface area (Å²) in [6.07, 6.45) is 0. The maximum absolute atomic E-state index is 12.2. The van der Waals surface area contributed by atoms with Gasteiger partial charge >= 0.3 is 18.0 Å². The van der Waals surface area contributed by atoms with Crippen molar-refractivity contribution >= 4 is 29.7 Å². The Labute approximate surface area is 122 Å². The maximum Gasteiger partial charge on any atom is 0.328 e. The first-order valence-corrected chi connectivity index (χ1v) is 7.35. The molecule has 1 fully saturated rings. The summed E-state index contributed by atoms with van der Waals surface area (Å²) in [5.41, 5.74) is 0. The van der Waals surface area contributed by atoms with Gasteiger partial charge in [0.15, 0.2) is 0 Å². The van der Waals surface area contributed by atoms with E-state index in [1.165, 1.54) is 30.7 Å². The lowest BCUT2D eigenvalue weighted by Gasteiger charge is -2.30. The number of amides is 2. The van der Waals surface area contributed by atoms with E-state index in [1.54, 1.807) is 0 Å². The van der Waals surface area contributed by atoms with E-state index in [4.69, 9.17) is 0 Å². The van der Waals surface area contributed by atoms with Gasteiger partial charge in [0.1, 0.15) is 12.1 Å². The van der Waals surface area contributed by atoms with Crippen molar-refractivity contribution in [2.75, 3.05) is 12.9 Å². The van der Waals surface area contributed by atoms with Gasteiger partial charge in [-0.05, 0) is 12.8 Å². The molecule has 0 radical (unpaired) electrons. The van der Waals surface area contributed by atoms with Gasteiger partial charge in [0, 0.05) is 5.75 Å². The van der Waals surface area contributed by atoms with Crippen molar-refractivity contribution in [3.05, 3.63) is 0 Å². The van der Waals surface area contributed by atoms with Gasteiger partial charge in [0.25, 0.3) is 0 Å². The van der Waals surface area contributed by atoms with Gasteiger partial charge in [0.2, 0.25) is 0 Å². The molecule has 1 aliphatic heterocycles. The monoisotopic (exact) mass is 304 g/mol. The predicted molar refractivity (Wildman–Crippen MR) is 74.4 cm³/mol. The van der Waals surface area contributed by atoms with Gasteiger partial charge in [-0.15, -0.1) is 11.8 Å². The average molecular weight is 304 g/mol. The summed E-state index contributed by atoms with van der Waals surface area (Å²) in [4.78, 5) is 36.1. The lowest BCUT2D eigenvalue weighted by Crippen LogP contribution is -2.54. The fraction of sp³-hybridized carbons (Fsp3) is 0.750. The number of urea groups is 1. The van der Waals surface area contributed by atoms with Crippen LogP contribution in [-0.4, -0.2) is 58.3 Å². The largest absolute Gasteiger partial charge is 0.480 e. The SMILES string of the molecule is COC(=O)C(C)NC(=O)N1C(C(=O)O)CSC1C(C)C.